The van der Waals surface area contributed by atoms with Crippen LogP contribution in [0, 0.1) is 0 Å². The summed E-state index contributed by atoms with van der Waals surface area (Å²) < 4.78 is 4.71. The molecule has 0 heterocycles. The molecule has 7 heteroatoms. The summed E-state index contributed by atoms with van der Waals surface area (Å²) in [7, 11) is 0. The predicted octanol–water partition coefficient (Wildman–Crippen LogP) is 2.13. The Labute approximate surface area is 133 Å². The van der Waals surface area contributed by atoms with Gasteiger partial charge < -0.3 is 10.1 Å². The summed E-state index contributed by atoms with van der Waals surface area (Å²) in [6.07, 6.45) is 2.69. The van der Waals surface area contributed by atoms with Crippen molar-refractivity contribution >= 4 is 35.6 Å². The van der Waals surface area contributed by atoms with Crippen molar-refractivity contribution in [1.29, 1.82) is 0 Å². The van der Waals surface area contributed by atoms with Gasteiger partial charge in [0.1, 0.15) is 0 Å². The number of nitrogens with one attached hydrogen (secondary N) is 2. The molecule has 0 aliphatic rings. The summed E-state index contributed by atoms with van der Waals surface area (Å²) >= 11 is 5.81. The number of carbonyl (C=O) groups is 3. The predicted molar refractivity (Wildman–Crippen MR) is 83.3 cm³/mol. The topological polar surface area (TPSA) is 84.5 Å². The molecule has 0 atom stereocenters. The van der Waals surface area contributed by atoms with Gasteiger partial charge in [0.2, 0.25) is 0 Å². The molecule has 0 unspecified atom stereocenters. The zero-order chi connectivity index (χ0) is 16.5. The number of rotatable bonds is 5. The van der Waals surface area contributed by atoms with Crippen LogP contribution in [0.2, 0.25) is 5.02 Å². The molecule has 1 aromatic rings. The summed E-state index contributed by atoms with van der Waals surface area (Å²) in [5.74, 6) is -1.40. The van der Waals surface area contributed by atoms with E-state index < -0.39 is 24.5 Å². The van der Waals surface area contributed by atoms with Crippen LogP contribution in [0.4, 0.5) is 4.79 Å². The van der Waals surface area contributed by atoms with Gasteiger partial charge in [-0.1, -0.05) is 23.7 Å². The molecule has 0 spiro atoms. The maximum absolute atomic E-state index is 11.4. The van der Waals surface area contributed by atoms with E-state index in [2.05, 4.69) is 5.32 Å². The number of ether oxygens (including phenoxy) is 1. The molecule has 2 N–H and O–H groups in total. The van der Waals surface area contributed by atoms with E-state index in [9.17, 15) is 14.4 Å². The molecular formula is C15H17ClN2O4. The van der Waals surface area contributed by atoms with Crippen LogP contribution in [0.3, 0.4) is 0 Å². The molecule has 0 aromatic heterocycles. The first-order chi connectivity index (χ1) is 10.4. The average molecular weight is 325 g/mol. The molecule has 1 rings (SSSR count). The minimum atomic E-state index is -0.706. The average Bonchev–Trinajstić information content (AvgIpc) is 2.42. The molecule has 0 radical (unpaired) electrons. The third kappa shape index (κ3) is 7.44. The first kappa shape index (κ1) is 17.7. The van der Waals surface area contributed by atoms with Gasteiger partial charge in [-0.15, -0.1) is 0 Å². The fraction of sp³-hybridized carbons (Fsp3) is 0.267. The van der Waals surface area contributed by atoms with Crippen molar-refractivity contribution in [3.63, 3.8) is 0 Å². The molecule has 1 aromatic carbocycles. The van der Waals surface area contributed by atoms with Crippen LogP contribution in [-0.2, 0) is 14.3 Å². The molecular weight excluding hydrogens is 308 g/mol. The van der Waals surface area contributed by atoms with Crippen molar-refractivity contribution < 1.29 is 19.1 Å². The summed E-state index contributed by atoms with van der Waals surface area (Å²) in [4.78, 5) is 34.1. The van der Waals surface area contributed by atoms with Crippen molar-refractivity contribution in [2.75, 3.05) is 6.61 Å². The van der Waals surface area contributed by atoms with E-state index in [0.29, 0.717) is 5.02 Å². The number of urea groups is 1. The van der Waals surface area contributed by atoms with Gasteiger partial charge in [0.15, 0.2) is 6.61 Å². The van der Waals surface area contributed by atoms with E-state index in [-0.39, 0.29) is 6.04 Å². The highest BCUT2D eigenvalue weighted by Gasteiger charge is 2.10. The second-order valence-corrected chi connectivity index (χ2v) is 5.11. The maximum Gasteiger partial charge on any atom is 0.331 e. The largest absolute Gasteiger partial charge is 0.452 e. The Morgan fingerprint density at radius 2 is 2.05 bits per heavy atom. The quantitative estimate of drug-likeness (QED) is 0.642. The first-order valence-corrected chi connectivity index (χ1v) is 6.95. The highest BCUT2D eigenvalue weighted by Crippen LogP contribution is 2.11. The third-order valence-electron chi connectivity index (χ3n) is 2.28. The molecule has 0 aliphatic heterocycles. The minimum Gasteiger partial charge on any atom is -0.452 e. The smallest absolute Gasteiger partial charge is 0.331 e. The Hall–Kier alpha value is -2.34. The molecule has 22 heavy (non-hydrogen) atoms. The molecule has 0 aliphatic carbocycles. The van der Waals surface area contributed by atoms with Gasteiger partial charge in [0.05, 0.1) is 0 Å². The van der Waals surface area contributed by atoms with E-state index in [4.69, 9.17) is 16.3 Å². The lowest BCUT2D eigenvalue weighted by atomic mass is 10.2. The first-order valence-electron chi connectivity index (χ1n) is 6.57. The number of halogens is 1. The lowest BCUT2D eigenvalue weighted by Gasteiger charge is -2.08. The van der Waals surface area contributed by atoms with Crippen LogP contribution in [0.5, 0.6) is 0 Å². The zero-order valence-electron chi connectivity index (χ0n) is 12.3. The fourth-order valence-corrected chi connectivity index (χ4v) is 1.62. The summed E-state index contributed by atoms with van der Waals surface area (Å²) in [6, 6.07) is 6.16. The van der Waals surface area contributed by atoms with Gasteiger partial charge in [-0.2, -0.15) is 0 Å². The SMILES string of the molecule is CC(C)NC(=O)NC(=O)COC(=O)/C=C/c1cccc(Cl)c1. The Balaban J connectivity index is 2.36. The van der Waals surface area contributed by atoms with Crippen molar-refractivity contribution in [3.8, 4) is 0 Å². The second-order valence-electron chi connectivity index (χ2n) is 4.67. The van der Waals surface area contributed by atoms with Gasteiger partial charge in [-0.25, -0.2) is 9.59 Å². The normalized spacial score (nSPS) is 10.5. The maximum atomic E-state index is 11.4. The Kier molecular flexibility index (Phi) is 7.12. The molecule has 0 bridgehead atoms. The Morgan fingerprint density at radius 3 is 2.68 bits per heavy atom. The van der Waals surface area contributed by atoms with Gasteiger partial charge in [0, 0.05) is 17.1 Å². The van der Waals surface area contributed by atoms with Gasteiger partial charge in [0.25, 0.3) is 5.91 Å². The van der Waals surface area contributed by atoms with Crippen LogP contribution in [0.15, 0.2) is 30.3 Å². The van der Waals surface area contributed by atoms with Crippen LogP contribution in [0.1, 0.15) is 19.4 Å². The van der Waals surface area contributed by atoms with Crippen molar-refractivity contribution in [1.82, 2.24) is 10.6 Å². The molecule has 0 saturated heterocycles. The van der Waals surface area contributed by atoms with Crippen molar-refractivity contribution in [2.24, 2.45) is 0 Å². The molecule has 6 nitrogen and oxygen atoms in total. The number of benzene rings is 1. The van der Waals surface area contributed by atoms with Gasteiger partial charge in [-0.3, -0.25) is 10.1 Å². The molecule has 0 saturated carbocycles. The van der Waals surface area contributed by atoms with E-state index >= 15 is 0 Å². The molecule has 118 valence electrons. The molecule has 3 amide bonds. The lowest BCUT2D eigenvalue weighted by molar-refractivity contribution is -0.143. The van der Waals surface area contributed by atoms with Crippen molar-refractivity contribution in [2.45, 2.75) is 19.9 Å². The van der Waals surface area contributed by atoms with Crippen molar-refractivity contribution in [3.05, 3.63) is 40.9 Å². The van der Waals surface area contributed by atoms with Gasteiger partial charge >= 0.3 is 12.0 Å². The number of imide groups is 1. The fourth-order valence-electron chi connectivity index (χ4n) is 1.42. The van der Waals surface area contributed by atoms with E-state index in [1.165, 1.54) is 12.2 Å². The van der Waals surface area contributed by atoms with Crippen LogP contribution in [0.25, 0.3) is 6.08 Å². The van der Waals surface area contributed by atoms with Crippen LogP contribution < -0.4 is 10.6 Å². The minimum absolute atomic E-state index is 0.101. The highest BCUT2D eigenvalue weighted by molar-refractivity contribution is 6.30. The summed E-state index contributed by atoms with van der Waals surface area (Å²) in [5.41, 5.74) is 0.727. The zero-order valence-corrected chi connectivity index (χ0v) is 13.0. The van der Waals surface area contributed by atoms with Crippen LogP contribution >= 0.6 is 11.6 Å². The number of esters is 1. The van der Waals surface area contributed by atoms with Crippen LogP contribution in [-0.4, -0.2) is 30.6 Å². The number of hydrogen-bond acceptors (Lipinski definition) is 4. The van der Waals surface area contributed by atoms with E-state index in [0.717, 1.165) is 5.56 Å². The standard InChI is InChI=1S/C15H17ClN2O4/c1-10(2)17-15(21)18-13(19)9-22-14(20)7-6-11-4-3-5-12(16)8-11/h3-8,10H,9H2,1-2H3,(H2,17,18,19,21)/b7-6+. The third-order valence-corrected chi connectivity index (χ3v) is 2.51. The molecule has 0 fully saturated rings. The monoisotopic (exact) mass is 324 g/mol. The Bertz CT molecular complexity index is 585. The number of amides is 3. The van der Waals surface area contributed by atoms with E-state index in [1.807, 2.05) is 5.32 Å². The lowest BCUT2D eigenvalue weighted by Crippen LogP contribution is -2.43. The number of hydrogen-bond donors (Lipinski definition) is 2. The highest BCUT2D eigenvalue weighted by atomic mass is 35.5. The summed E-state index contributed by atoms with van der Waals surface area (Å²) in [5, 5.41) is 5.06. The van der Waals surface area contributed by atoms with E-state index in [1.54, 1.807) is 38.1 Å². The number of carbonyl (C=O) groups excluding carboxylic acids is 3. The van der Waals surface area contributed by atoms with Gasteiger partial charge in [-0.05, 0) is 37.6 Å². The Morgan fingerprint density at radius 1 is 1.32 bits per heavy atom. The second kappa shape index (κ2) is 8.84. The summed E-state index contributed by atoms with van der Waals surface area (Å²) in [6.45, 7) is 2.97.